The molecule has 0 amide bonds. The van der Waals surface area contributed by atoms with Gasteiger partial charge in [0, 0.05) is 19.0 Å². The van der Waals surface area contributed by atoms with Crippen LogP contribution >= 0.6 is 0 Å². The summed E-state index contributed by atoms with van der Waals surface area (Å²) in [7, 11) is 1.44. The van der Waals surface area contributed by atoms with Crippen LogP contribution in [0.5, 0.6) is 5.75 Å². The second kappa shape index (κ2) is 7.29. The molecule has 2 rings (SSSR count). The molecule has 0 fully saturated rings. The Morgan fingerprint density at radius 3 is 3.00 bits per heavy atom. The van der Waals surface area contributed by atoms with Gasteiger partial charge in [-0.2, -0.15) is 0 Å². The molecule has 20 heavy (non-hydrogen) atoms. The van der Waals surface area contributed by atoms with Crippen LogP contribution in [0.15, 0.2) is 24.3 Å². The van der Waals surface area contributed by atoms with Crippen LogP contribution in [0.3, 0.4) is 0 Å². The molecule has 1 aliphatic heterocycles. The van der Waals surface area contributed by atoms with Crippen molar-refractivity contribution in [3.8, 4) is 5.75 Å². The van der Waals surface area contributed by atoms with Gasteiger partial charge in [0.05, 0.1) is 20.1 Å². The van der Waals surface area contributed by atoms with Crippen molar-refractivity contribution in [1.82, 2.24) is 4.90 Å². The highest BCUT2D eigenvalue weighted by Crippen LogP contribution is 2.33. The minimum Gasteiger partial charge on any atom is -0.493 e. The van der Waals surface area contributed by atoms with Gasteiger partial charge in [-0.3, -0.25) is 4.79 Å². The van der Waals surface area contributed by atoms with Crippen LogP contribution in [-0.4, -0.2) is 44.2 Å². The third-order valence-electron chi connectivity index (χ3n) is 3.87. The molecule has 0 radical (unpaired) electrons. The van der Waals surface area contributed by atoms with Gasteiger partial charge >= 0.3 is 5.97 Å². The molecule has 1 unspecified atom stereocenters. The number of ether oxygens (including phenoxy) is 2. The normalized spacial score (nSPS) is 17.4. The number of hydrogen-bond donors (Lipinski definition) is 0. The first kappa shape index (κ1) is 14.9. The third kappa shape index (κ3) is 3.73. The Balaban J connectivity index is 1.96. The molecule has 1 aromatic rings. The number of benzene rings is 1. The summed E-state index contributed by atoms with van der Waals surface area (Å²) in [6.45, 7) is 5.56. The molecule has 110 valence electrons. The lowest BCUT2D eigenvalue weighted by molar-refractivity contribution is -0.141. The molecule has 0 saturated carbocycles. The predicted molar refractivity (Wildman–Crippen MR) is 78.0 cm³/mol. The van der Waals surface area contributed by atoms with E-state index in [9.17, 15) is 4.79 Å². The Kier molecular flexibility index (Phi) is 5.41. The monoisotopic (exact) mass is 277 g/mol. The van der Waals surface area contributed by atoms with E-state index in [1.807, 2.05) is 12.1 Å². The Morgan fingerprint density at radius 1 is 1.45 bits per heavy atom. The maximum Gasteiger partial charge on any atom is 0.306 e. The number of esters is 1. The van der Waals surface area contributed by atoms with Crippen LogP contribution < -0.4 is 4.74 Å². The van der Waals surface area contributed by atoms with Crippen molar-refractivity contribution in [3.05, 3.63) is 29.8 Å². The summed E-state index contributed by atoms with van der Waals surface area (Å²) in [5.41, 5.74) is 1.29. The molecule has 1 aliphatic rings. The van der Waals surface area contributed by atoms with Crippen molar-refractivity contribution in [2.75, 3.05) is 33.4 Å². The zero-order chi connectivity index (χ0) is 14.4. The molecule has 1 atom stereocenters. The highest BCUT2D eigenvalue weighted by molar-refractivity contribution is 5.69. The highest BCUT2D eigenvalue weighted by atomic mass is 16.5. The first-order chi connectivity index (χ1) is 9.74. The summed E-state index contributed by atoms with van der Waals surface area (Å²) in [4.78, 5) is 13.6. The summed E-state index contributed by atoms with van der Waals surface area (Å²) in [6.07, 6.45) is 1.49. The molecule has 0 saturated heterocycles. The molecule has 1 aromatic carbocycles. The average Bonchev–Trinajstić information content (AvgIpc) is 2.51. The van der Waals surface area contributed by atoms with Gasteiger partial charge < -0.3 is 14.4 Å². The fourth-order valence-corrected chi connectivity index (χ4v) is 2.65. The fourth-order valence-electron chi connectivity index (χ4n) is 2.65. The SMILES string of the molecule is CCN(CCC(=O)OC)CC1CCOc2ccccc21. The van der Waals surface area contributed by atoms with Crippen molar-refractivity contribution < 1.29 is 14.3 Å². The Morgan fingerprint density at radius 2 is 2.25 bits per heavy atom. The van der Waals surface area contributed by atoms with Crippen LogP contribution in [0.1, 0.15) is 31.2 Å². The lowest BCUT2D eigenvalue weighted by atomic mass is 9.92. The van der Waals surface area contributed by atoms with Gasteiger partial charge in [-0.05, 0) is 24.6 Å². The first-order valence-electron chi connectivity index (χ1n) is 7.25. The number of carbonyl (C=O) groups is 1. The second-order valence-corrected chi connectivity index (χ2v) is 5.09. The van der Waals surface area contributed by atoms with Gasteiger partial charge in [0.25, 0.3) is 0 Å². The minimum absolute atomic E-state index is 0.143. The molecule has 0 N–H and O–H groups in total. The second-order valence-electron chi connectivity index (χ2n) is 5.09. The number of likely N-dealkylation sites (N-methyl/N-ethyl adjacent to an activating group) is 1. The maximum absolute atomic E-state index is 11.3. The lowest BCUT2D eigenvalue weighted by Gasteiger charge is -2.30. The first-order valence-corrected chi connectivity index (χ1v) is 7.25. The van der Waals surface area contributed by atoms with Crippen LogP contribution in [-0.2, 0) is 9.53 Å². The summed E-state index contributed by atoms with van der Waals surface area (Å²) >= 11 is 0. The van der Waals surface area contributed by atoms with E-state index in [4.69, 9.17) is 9.47 Å². The van der Waals surface area contributed by atoms with E-state index in [2.05, 4.69) is 24.0 Å². The van der Waals surface area contributed by atoms with Crippen molar-refractivity contribution >= 4 is 5.97 Å². The van der Waals surface area contributed by atoms with E-state index in [1.54, 1.807) is 0 Å². The van der Waals surface area contributed by atoms with Crippen molar-refractivity contribution in [2.45, 2.75) is 25.7 Å². The lowest BCUT2D eigenvalue weighted by Crippen LogP contribution is -2.32. The van der Waals surface area contributed by atoms with E-state index in [0.29, 0.717) is 12.3 Å². The largest absolute Gasteiger partial charge is 0.493 e. The molecule has 4 heteroatoms. The van der Waals surface area contributed by atoms with Gasteiger partial charge in [-0.25, -0.2) is 0 Å². The Hall–Kier alpha value is -1.55. The zero-order valence-corrected chi connectivity index (χ0v) is 12.3. The summed E-state index contributed by atoms with van der Waals surface area (Å²) in [5, 5.41) is 0. The van der Waals surface area contributed by atoms with E-state index in [0.717, 1.165) is 38.4 Å². The zero-order valence-electron chi connectivity index (χ0n) is 12.3. The summed E-state index contributed by atoms with van der Waals surface area (Å²) in [5.74, 6) is 1.35. The summed E-state index contributed by atoms with van der Waals surface area (Å²) < 4.78 is 10.4. The summed E-state index contributed by atoms with van der Waals surface area (Å²) in [6, 6.07) is 8.25. The van der Waals surface area contributed by atoms with Gasteiger partial charge in [-0.1, -0.05) is 25.1 Å². The number of methoxy groups -OCH3 is 1. The third-order valence-corrected chi connectivity index (χ3v) is 3.87. The molecular formula is C16H23NO3. The number of para-hydroxylation sites is 1. The average molecular weight is 277 g/mol. The molecule has 0 spiro atoms. The molecule has 0 aromatic heterocycles. The van der Waals surface area contributed by atoms with E-state index >= 15 is 0 Å². The van der Waals surface area contributed by atoms with Crippen LogP contribution in [0.2, 0.25) is 0 Å². The fraction of sp³-hybridized carbons (Fsp3) is 0.562. The van der Waals surface area contributed by atoms with Crippen LogP contribution in [0.4, 0.5) is 0 Å². The maximum atomic E-state index is 11.3. The van der Waals surface area contributed by atoms with Gasteiger partial charge in [0.2, 0.25) is 0 Å². The molecular weight excluding hydrogens is 254 g/mol. The Bertz CT molecular complexity index is 447. The van der Waals surface area contributed by atoms with Crippen LogP contribution in [0, 0.1) is 0 Å². The van der Waals surface area contributed by atoms with Crippen LogP contribution in [0.25, 0.3) is 0 Å². The minimum atomic E-state index is -0.143. The molecule has 0 bridgehead atoms. The van der Waals surface area contributed by atoms with E-state index in [-0.39, 0.29) is 5.97 Å². The quantitative estimate of drug-likeness (QED) is 0.749. The predicted octanol–water partition coefficient (Wildman–Crippen LogP) is 2.44. The molecule has 1 heterocycles. The topological polar surface area (TPSA) is 38.8 Å². The standard InChI is InChI=1S/C16H23NO3/c1-3-17(10-8-16(18)19-2)12-13-9-11-20-15-7-5-4-6-14(13)15/h4-7,13H,3,8-12H2,1-2H3. The Labute approximate surface area is 120 Å². The smallest absolute Gasteiger partial charge is 0.306 e. The number of rotatable bonds is 6. The molecule has 4 nitrogen and oxygen atoms in total. The van der Waals surface area contributed by atoms with Gasteiger partial charge in [0.15, 0.2) is 0 Å². The number of carbonyl (C=O) groups excluding carboxylic acids is 1. The molecule has 0 aliphatic carbocycles. The number of nitrogens with zero attached hydrogens (tertiary/aromatic N) is 1. The van der Waals surface area contributed by atoms with Gasteiger partial charge in [-0.15, -0.1) is 0 Å². The number of hydrogen-bond acceptors (Lipinski definition) is 4. The van der Waals surface area contributed by atoms with Gasteiger partial charge in [0.1, 0.15) is 5.75 Å². The van der Waals surface area contributed by atoms with E-state index in [1.165, 1.54) is 12.7 Å². The van der Waals surface area contributed by atoms with Crippen molar-refractivity contribution in [3.63, 3.8) is 0 Å². The van der Waals surface area contributed by atoms with E-state index < -0.39 is 0 Å². The number of fused-ring (bicyclic) bond motifs is 1. The highest BCUT2D eigenvalue weighted by Gasteiger charge is 2.23. The van der Waals surface area contributed by atoms with Crippen molar-refractivity contribution in [1.29, 1.82) is 0 Å². The van der Waals surface area contributed by atoms with Crippen molar-refractivity contribution in [2.24, 2.45) is 0 Å².